The lowest BCUT2D eigenvalue weighted by Gasteiger charge is -2.21. The second kappa shape index (κ2) is 8.38. The Morgan fingerprint density at radius 2 is 1.80 bits per heavy atom. The van der Waals surface area contributed by atoms with Gasteiger partial charge < -0.3 is 10.2 Å². The molecule has 0 amide bonds. The molecule has 25 heavy (non-hydrogen) atoms. The van der Waals surface area contributed by atoms with Crippen LogP contribution in [0.25, 0.3) is 0 Å². The lowest BCUT2D eigenvalue weighted by molar-refractivity contribution is -0.137. The molecule has 0 radical (unpaired) electrons. The van der Waals surface area contributed by atoms with Crippen LogP contribution in [0.3, 0.4) is 0 Å². The molecule has 1 aromatic carbocycles. The van der Waals surface area contributed by atoms with Gasteiger partial charge in [0, 0.05) is 25.0 Å². The van der Waals surface area contributed by atoms with Gasteiger partial charge in [-0.05, 0) is 37.1 Å². The van der Waals surface area contributed by atoms with Crippen molar-refractivity contribution < 1.29 is 13.2 Å². The van der Waals surface area contributed by atoms with E-state index in [2.05, 4.69) is 29.1 Å². The topological polar surface area (TPSA) is 41.1 Å². The van der Waals surface area contributed by atoms with E-state index in [1.165, 1.54) is 12.1 Å². The van der Waals surface area contributed by atoms with Crippen molar-refractivity contribution in [1.82, 2.24) is 9.97 Å². The van der Waals surface area contributed by atoms with Crippen LogP contribution in [0.4, 0.5) is 30.6 Å². The van der Waals surface area contributed by atoms with Crippen LogP contribution < -0.4 is 10.2 Å². The van der Waals surface area contributed by atoms with E-state index < -0.39 is 11.7 Å². The normalized spacial score (nSPS) is 11.4. The number of anilines is 3. The minimum atomic E-state index is -4.51. The summed E-state index contributed by atoms with van der Waals surface area (Å²) in [4.78, 5) is 10.7. The van der Waals surface area contributed by atoms with Gasteiger partial charge in [0.1, 0.15) is 5.82 Å². The number of hydrogen-bond donors (Lipinski definition) is 1. The zero-order chi connectivity index (χ0) is 18.4. The summed E-state index contributed by atoms with van der Waals surface area (Å²) in [6.45, 7) is 5.77. The Labute approximate surface area is 150 Å². The largest absolute Gasteiger partial charge is 0.417 e. The third-order valence-electron chi connectivity index (χ3n) is 3.46. The molecule has 0 aliphatic heterocycles. The predicted octanol–water partition coefficient (Wildman–Crippen LogP) is 5.52. The van der Waals surface area contributed by atoms with E-state index >= 15 is 0 Å². The van der Waals surface area contributed by atoms with Crippen LogP contribution in [0.5, 0.6) is 0 Å². The molecule has 0 bridgehead atoms. The quantitative estimate of drug-likeness (QED) is 0.694. The fourth-order valence-electron chi connectivity index (χ4n) is 2.39. The minimum Gasteiger partial charge on any atom is -0.341 e. The van der Waals surface area contributed by atoms with E-state index in [0.717, 1.165) is 32.0 Å². The number of nitrogens with one attached hydrogen (secondary N) is 1. The lowest BCUT2D eigenvalue weighted by atomic mass is 10.2. The molecule has 0 spiro atoms. The van der Waals surface area contributed by atoms with Crippen molar-refractivity contribution in [1.29, 1.82) is 0 Å². The summed E-state index contributed by atoms with van der Waals surface area (Å²) in [5.41, 5.74) is -0.619. The van der Waals surface area contributed by atoms with Crippen molar-refractivity contribution in [3.05, 3.63) is 41.0 Å². The van der Waals surface area contributed by atoms with Crippen LogP contribution in [-0.2, 0) is 6.18 Å². The number of hydrogen-bond acceptors (Lipinski definition) is 4. The smallest absolute Gasteiger partial charge is 0.341 e. The van der Waals surface area contributed by atoms with Crippen LogP contribution in [-0.4, -0.2) is 23.1 Å². The van der Waals surface area contributed by atoms with Crippen LogP contribution in [0.15, 0.2) is 30.5 Å². The average Bonchev–Trinajstić information content (AvgIpc) is 2.56. The molecule has 4 nitrogen and oxygen atoms in total. The van der Waals surface area contributed by atoms with Crippen LogP contribution in [0.1, 0.15) is 32.3 Å². The van der Waals surface area contributed by atoms with E-state index in [9.17, 15) is 13.2 Å². The molecule has 2 aromatic rings. The number of benzene rings is 1. The molecule has 0 unspecified atom stereocenters. The van der Waals surface area contributed by atoms with E-state index in [4.69, 9.17) is 11.6 Å². The Kier molecular flexibility index (Phi) is 6.47. The summed E-state index contributed by atoms with van der Waals surface area (Å²) in [5.74, 6) is 0.983. The fraction of sp³-hybridized carbons (Fsp3) is 0.412. The van der Waals surface area contributed by atoms with Crippen LogP contribution in [0.2, 0.25) is 5.02 Å². The van der Waals surface area contributed by atoms with Crippen molar-refractivity contribution in [2.75, 3.05) is 23.3 Å². The van der Waals surface area contributed by atoms with Crippen molar-refractivity contribution in [2.24, 2.45) is 0 Å². The highest BCUT2D eigenvalue weighted by Gasteiger charge is 2.33. The molecular formula is C17H20ClF3N4. The van der Waals surface area contributed by atoms with Gasteiger partial charge >= 0.3 is 6.18 Å². The highest BCUT2D eigenvalue weighted by molar-refractivity contribution is 6.31. The summed E-state index contributed by atoms with van der Waals surface area (Å²) in [5, 5.41) is 2.55. The Morgan fingerprint density at radius 3 is 2.40 bits per heavy atom. The van der Waals surface area contributed by atoms with Gasteiger partial charge in [-0.25, -0.2) is 4.98 Å². The van der Waals surface area contributed by atoms with Crippen LogP contribution in [0, 0.1) is 0 Å². The van der Waals surface area contributed by atoms with Gasteiger partial charge in [0.05, 0.1) is 10.6 Å². The van der Waals surface area contributed by atoms with Crippen molar-refractivity contribution in [2.45, 2.75) is 32.9 Å². The summed E-state index contributed by atoms with van der Waals surface area (Å²) in [6.07, 6.45) is -1.02. The molecule has 2 rings (SSSR count). The molecule has 136 valence electrons. The molecular weight excluding hydrogens is 353 g/mol. The Balaban J connectivity index is 2.25. The van der Waals surface area contributed by atoms with Crippen LogP contribution >= 0.6 is 11.6 Å². The zero-order valence-corrected chi connectivity index (χ0v) is 14.8. The molecule has 1 N–H and O–H groups in total. The molecule has 0 atom stereocenters. The number of nitrogens with zero attached hydrogens (tertiary/aromatic N) is 3. The fourth-order valence-corrected chi connectivity index (χ4v) is 2.61. The standard InChI is InChI=1S/C17H20ClF3N4/c1-3-9-25(10-4-2)16-22-8-7-15(24-16)23-12-5-6-14(18)13(11-12)17(19,20)21/h5-8,11H,3-4,9-10H2,1-2H3,(H,22,23,24). The average molecular weight is 373 g/mol. The highest BCUT2D eigenvalue weighted by atomic mass is 35.5. The van der Waals surface area contributed by atoms with Gasteiger partial charge in [0.15, 0.2) is 0 Å². The maximum Gasteiger partial charge on any atom is 0.417 e. The first-order chi connectivity index (χ1) is 11.8. The van der Waals surface area contributed by atoms with Gasteiger partial charge in [0.25, 0.3) is 0 Å². The molecule has 0 fully saturated rings. The maximum absolute atomic E-state index is 13.0. The molecule has 0 saturated heterocycles. The zero-order valence-electron chi connectivity index (χ0n) is 14.1. The summed E-state index contributed by atoms with van der Waals surface area (Å²) < 4.78 is 38.9. The molecule has 1 heterocycles. The van der Waals surface area contributed by atoms with Gasteiger partial charge in [0.2, 0.25) is 5.95 Å². The summed E-state index contributed by atoms with van der Waals surface area (Å²) in [6, 6.07) is 5.28. The first-order valence-corrected chi connectivity index (χ1v) is 8.44. The maximum atomic E-state index is 13.0. The number of halogens is 4. The van der Waals surface area contributed by atoms with E-state index in [1.807, 2.05) is 4.90 Å². The summed E-state index contributed by atoms with van der Waals surface area (Å²) >= 11 is 5.64. The van der Waals surface area contributed by atoms with Gasteiger partial charge in [-0.1, -0.05) is 25.4 Å². The molecule has 1 aromatic heterocycles. The van der Waals surface area contributed by atoms with E-state index in [0.29, 0.717) is 11.8 Å². The third-order valence-corrected chi connectivity index (χ3v) is 3.79. The molecule has 0 aliphatic carbocycles. The van der Waals surface area contributed by atoms with Gasteiger partial charge in [-0.2, -0.15) is 18.2 Å². The third kappa shape index (κ3) is 5.22. The minimum absolute atomic E-state index is 0.263. The van der Waals surface area contributed by atoms with E-state index in [1.54, 1.807) is 12.3 Å². The predicted molar refractivity (Wildman–Crippen MR) is 94.6 cm³/mol. The second-order valence-corrected chi connectivity index (χ2v) is 5.95. The summed E-state index contributed by atoms with van der Waals surface area (Å²) in [7, 11) is 0. The Hall–Kier alpha value is -2.02. The van der Waals surface area contributed by atoms with Crippen molar-refractivity contribution in [3.63, 3.8) is 0 Å². The van der Waals surface area contributed by atoms with Crippen molar-refractivity contribution >= 4 is 29.1 Å². The number of rotatable bonds is 7. The number of alkyl halides is 3. The number of aromatic nitrogens is 2. The first-order valence-electron chi connectivity index (χ1n) is 8.07. The molecule has 0 aliphatic rings. The van der Waals surface area contributed by atoms with E-state index in [-0.39, 0.29) is 10.7 Å². The lowest BCUT2D eigenvalue weighted by Crippen LogP contribution is -2.27. The first kappa shape index (κ1) is 19.3. The van der Waals surface area contributed by atoms with Crippen molar-refractivity contribution in [3.8, 4) is 0 Å². The Morgan fingerprint density at radius 1 is 1.12 bits per heavy atom. The SMILES string of the molecule is CCCN(CCC)c1nccc(Nc2ccc(Cl)c(C(F)(F)F)c2)n1. The molecule has 8 heteroatoms. The van der Waals surface area contributed by atoms with Gasteiger partial charge in [-0.15, -0.1) is 0 Å². The molecule has 0 saturated carbocycles. The Bertz CT molecular complexity index is 701. The second-order valence-electron chi connectivity index (χ2n) is 5.55. The van der Waals surface area contributed by atoms with Gasteiger partial charge in [-0.3, -0.25) is 0 Å². The highest BCUT2D eigenvalue weighted by Crippen LogP contribution is 2.36. The monoisotopic (exact) mass is 372 g/mol.